The topological polar surface area (TPSA) is 59.8 Å². The number of nitrogens with one attached hydrogen (secondary N) is 1. The van der Waals surface area contributed by atoms with Gasteiger partial charge in [0.1, 0.15) is 12.2 Å². The first-order chi connectivity index (χ1) is 13.8. The van der Waals surface area contributed by atoms with Gasteiger partial charge in [-0.25, -0.2) is 9.97 Å². The van der Waals surface area contributed by atoms with Crippen LogP contribution >= 0.6 is 11.3 Å². The maximum absolute atomic E-state index is 13.0. The number of fused-ring (bicyclic) bond motifs is 2. The summed E-state index contributed by atoms with van der Waals surface area (Å²) in [7, 11) is 0. The largest absolute Gasteiger partial charge is 0.348 e. The molecule has 0 bridgehead atoms. The fraction of sp³-hybridized carbons (Fsp3) is 0.227. The molecule has 5 nitrogen and oxygen atoms in total. The van der Waals surface area contributed by atoms with E-state index in [1.807, 2.05) is 40.3 Å². The molecule has 0 saturated heterocycles. The van der Waals surface area contributed by atoms with Gasteiger partial charge in [0, 0.05) is 5.38 Å². The average molecular weight is 388 g/mol. The molecule has 0 unspecified atom stereocenters. The molecule has 2 aromatic heterocycles. The number of thiazole rings is 1. The van der Waals surface area contributed by atoms with Gasteiger partial charge in [-0.1, -0.05) is 36.4 Å². The smallest absolute Gasteiger partial charge is 0.240 e. The van der Waals surface area contributed by atoms with E-state index >= 15 is 0 Å². The number of benzene rings is 2. The molecule has 5 rings (SSSR count). The second kappa shape index (κ2) is 7.20. The first-order valence-corrected chi connectivity index (χ1v) is 10.4. The predicted octanol–water partition coefficient (Wildman–Crippen LogP) is 4.35. The zero-order valence-electron chi connectivity index (χ0n) is 15.3. The maximum Gasteiger partial charge on any atom is 0.240 e. The summed E-state index contributed by atoms with van der Waals surface area (Å²) in [4.78, 5) is 22.1. The van der Waals surface area contributed by atoms with Crippen molar-refractivity contribution in [1.29, 1.82) is 0 Å². The highest BCUT2D eigenvalue weighted by molar-refractivity contribution is 7.07. The summed E-state index contributed by atoms with van der Waals surface area (Å²) in [6, 6.07) is 16.4. The molecule has 0 radical (unpaired) electrons. The number of hydrogen-bond donors (Lipinski definition) is 1. The molecule has 1 aliphatic rings. The number of nitrogens with zero attached hydrogens (tertiary/aromatic N) is 3. The van der Waals surface area contributed by atoms with E-state index in [0.717, 1.165) is 41.8 Å². The highest BCUT2D eigenvalue weighted by Gasteiger charge is 2.23. The van der Waals surface area contributed by atoms with Gasteiger partial charge in [0.25, 0.3) is 0 Å². The zero-order valence-corrected chi connectivity index (χ0v) is 16.2. The molecular weight excluding hydrogens is 368 g/mol. The van der Waals surface area contributed by atoms with Crippen molar-refractivity contribution in [1.82, 2.24) is 19.9 Å². The van der Waals surface area contributed by atoms with Crippen LogP contribution in [0.2, 0.25) is 0 Å². The van der Waals surface area contributed by atoms with E-state index in [0.29, 0.717) is 0 Å². The lowest BCUT2D eigenvalue weighted by molar-refractivity contribution is -0.122. The van der Waals surface area contributed by atoms with Gasteiger partial charge in [-0.05, 0) is 42.5 Å². The SMILES string of the molecule is O=C(Cn1c(-c2cscn2)nc2ccccc21)N[C@@H]1CCCc2ccccc21. The molecule has 1 aliphatic carbocycles. The lowest BCUT2D eigenvalue weighted by Crippen LogP contribution is -2.33. The van der Waals surface area contributed by atoms with Crippen molar-refractivity contribution >= 4 is 28.3 Å². The Hall–Kier alpha value is -2.99. The predicted molar refractivity (Wildman–Crippen MR) is 111 cm³/mol. The third kappa shape index (κ3) is 3.10. The van der Waals surface area contributed by atoms with Crippen LogP contribution in [0.4, 0.5) is 0 Å². The minimum atomic E-state index is 0.00124. The molecule has 1 N–H and O–H groups in total. The van der Waals surface area contributed by atoms with Crippen LogP contribution in [-0.4, -0.2) is 20.4 Å². The number of aromatic nitrogens is 3. The summed E-state index contributed by atoms with van der Waals surface area (Å²) in [5.41, 5.74) is 7.01. The number of carbonyl (C=O) groups excluding carboxylic acids is 1. The van der Waals surface area contributed by atoms with E-state index in [1.165, 1.54) is 22.5 Å². The maximum atomic E-state index is 13.0. The molecule has 1 amide bonds. The van der Waals surface area contributed by atoms with Crippen molar-refractivity contribution in [2.75, 3.05) is 0 Å². The zero-order chi connectivity index (χ0) is 18.9. The summed E-state index contributed by atoms with van der Waals surface area (Å²) in [6.45, 7) is 0.228. The van der Waals surface area contributed by atoms with Gasteiger partial charge in [0.05, 0.1) is 22.6 Å². The van der Waals surface area contributed by atoms with E-state index in [4.69, 9.17) is 4.98 Å². The lowest BCUT2D eigenvalue weighted by Gasteiger charge is -2.26. The summed E-state index contributed by atoms with van der Waals surface area (Å²) in [6.07, 6.45) is 3.16. The second-order valence-corrected chi connectivity index (χ2v) is 7.81. The highest BCUT2D eigenvalue weighted by atomic mass is 32.1. The minimum Gasteiger partial charge on any atom is -0.348 e. The average Bonchev–Trinajstić information content (AvgIpc) is 3.37. The van der Waals surface area contributed by atoms with Crippen LogP contribution in [0, 0.1) is 0 Å². The third-order valence-corrected chi connectivity index (χ3v) is 5.91. The first kappa shape index (κ1) is 17.1. The number of aryl methyl sites for hydroxylation is 1. The Morgan fingerprint density at radius 2 is 2.04 bits per heavy atom. The van der Waals surface area contributed by atoms with Crippen molar-refractivity contribution in [2.45, 2.75) is 31.8 Å². The van der Waals surface area contributed by atoms with E-state index in [9.17, 15) is 4.79 Å². The molecule has 6 heteroatoms. The van der Waals surface area contributed by atoms with Crippen molar-refractivity contribution in [3.05, 3.63) is 70.5 Å². The summed E-state index contributed by atoms with van der Waals surface area (Å²) in [5, 5.41) is 5.21. The number of carbonyl (C=O) groups is 1. The van der Waals surface area contributed by atoms with Gasteiger partial charge >= 0.3 is 0 Å². The molecule has 0 fully saturated rings. The molecule has 0 saturated carbocycles. The van der Waals surface area contributed by atoms with Gasteiger partial charge in [-0.3, -0.25) is 4.79 Å². The van der Waals surface area contributed by atoms with Crippen LogP contribution in [0.5, 0.6) is 0 Å². The Labute approximate surface area is 167 Å². The van der Waals surface area contributed by atoms with Crippen LogP contribution in [0.3, 0.4) is 0 Å². The summed E-state index contributed by atoms with van der Waals surface area (Å²) in [5.74, 6) is 0.739. The van der Waals surface area contributed by atoms with E-state index in [2.05, 4.69) is 28.5 Å². The van der Waals surface area contributed by atoms with E-state index < -0.39 is 0 Å². The molecule has 2 heterocycles. The highest BCUT2D eigenvalue weighted by Crippen LogP contribution is 2.30. The quantitative estimate of drug-likeness (QED) is 0.565. The molecule has 28 heavy (non-hydrogen) atoms. The van der Waals surface area contributed by atoms with E-state index in [-0.39, 0.29) is 18.5 Å². The van der Waals surface area contributed by atoms with Crippen LogP contribution in [-0.2, 0) is 17.8 Å². The van der Waals surface area contributed by atoms with Crippen molar-refractivity contribution in [2.24, 2.45) is 0 Å². The monoisotopic (exact) mass is 388 g/mol. The van der Waals surface area contributed by atoms with Gasteiger partial charge < -0.3 is 9.88 Å². The van der Waals surface area contributed by atoms with Crippen molar-refractivity contribution in [3.8, 4) is 11.5 Å². The standard InChI is InChI=1S/C22H20N4OS/c27-21(24-17-10-5-7-15-6-1-2-8-16(15)17)12-26-20-11-4-3-9-18(20)25-22(26)19-13-28-14-23-19/h1-4,6,8-9,11,13-14,17H,5,7,10,12H2,(H,24,27)/t17-/m1/s1. The van der Waals surface area contributed by atoms with Crippen LogP contribution in [0.15, 0.2) is 59.4 Å². The fourth-order valence-electron chi connectivity index (χ4n) is 4.04. The lowest BCUT2D eigenvalue weighted by atomic mass is 9.88. The summed E-state index contributed by atoms with van der Waals surface area (Å²) >= 11 is 1.53. The van der Waals surface area contributed by atoms with Gasteiger partial charge in [-0.15, -0.1) is 11.3 Å². The second-order valence-electron chi connectivity index (χ2n) is 7.10. The number of amides is 1. The normalized spacial score (nSPS) is 16.1. The third-order valence-electron chi connectivity index (χ3n) is 5.32. The van der Waals surface area contributed by atoms with Crippen molar-refractivity contribution in [3.63, 3.8) is 0 Å². The Kier molecular flexibility index (Phi) is 4.41. The molecule has 2 aromatic carbocycles. The van der Waals surface area contributed by atoms with Gasteiger partial charge in [0.15, 0.2) is 5.82 Å². The Morgan fingerprint density at radius 1 is 1.18 bits per heavy atom. The first-order valence-electron chi connectivity index (χ1n) is 9.50. The van der Waals surface area contributed by atoms with Crippen LogP contribution in [0.25, 0.3) is 22.6 Å². The van der Waals surface area contributed by atoms with Crippen LogP contribution < -0.4 is 5.32 Å². The van der Waals surface area contributed by atoms with Gasteiger partial charge in [0.2, 0.25) is 5.91 Å². The van der Waals surface area contributed by atoms with Gasteiger partial charge in [-0.2, -0.15) is 0 Å². The Balaban J connectivity index is 1.45. The number of rotatable bonds is 4. The molecule has 0 aliphatic heterocycles. The molecular formula is C22H20N4OS. The molecule has 140 valence electrons. The molecule has 0 spiro atoms. The van der Waals surface area contributed by atoms with Crippen molar-refractivity contribution < 1.29 is 4.79 Å². The summed E-state index contributed by atoms with van der Waals surface area (Å²) < 4.78 is 1.97. The fourth-order valence-corrected chi connectivity index (χ4v) is 4.57. The van der Waals surface area contributed by atoms with Crippen LogP contribution in [0.1, 0.15) is 30.0 Å². The number of para-hydroxylation sites is 2. The molecule has 4 aromatic rings. The van der Waals surface area contributed by atoms with E-state index in [1.54, 1.807) is 5.51 Å². The Bertz CT molecular complexity index is 1130. The minimum absolute atomic E-state index is 0.00124. The number of imidazole rings is 1. The number of hydrogen-bond acceptors (Lipinski definition) is 4. The molecule has 1 atom stereocenters. The Morgan fingerprint density at radius 3 is 2.93 bits per heavy atom.